The molecule has 6 nitrogen and oxygen atoms in total. The summed E-state index contributed by atoms with van der Waals surface area (Å²) in [5, 5.41) is 1.26. The number of sulfonamides is 1. The van der Waals surface area contributed by atoms with Crippen molar-refractivity contribution in [2.45, 2.75) is 6.04 Å². The van der Waals surface area contributed by atoms with Crippen LogP contribution in [0.2, 0.25) is 10.0 Å². The molecule has 3 aromatic carbocycles. The first-order valence-corrected chi connectivity index (χ1v) is 13.2. The quantitative estimate of drug-likeness (QED) is 0.391. The lowest BCUT2D eigenvalue weighted by atomic mass is 9.91. The zero-order valence-electron chi connectivity index (χ0n) is 18.7. The summed E-state index contributed by atoms with van der Waals surface area (Å²) in [5.74, 6) is -2.18. The van der Waals surface area contributed by atoms with E-state index in [9.17, 15) is 17.6 Å². The number of nitrogens with one attached hydrogen (secondary N) is 1. The molecule has 4 rings (SSSR count). The highest BCUT2D eigenvalue weighted by Gasteiger charge is 2.36. The van der Waals surface area contributed by atoms with Gasteiger partial charge in [-0.1, -0.05) is 53.5 Å². The fraction of sp³-hybridized carbons (Fsp3) is 0.240. The fourth-order valence-corrected chi connectivity index (χ4v) is 5.89. The van der Waals surface area contributed by atoms with Gasteiger partial charge in [-0.25, -0.2) is 17.6 Å². The first-order valence-electron chi connectivity index (χ1n) is 10.8. The number of benzene rings is 3. The van der Waals surface area contributed by atoms with Crippen molar-refractivity contribution in [3.63, 3.8) is 0 Å². The molecule has 0 aliphatic carbocycles. The minimum absolute atomic E-state index is 0.0920. The molecule has 0 atom stereocenters. The molecule has 1 saturated heterocycles. The van der Waals surface area contributed by atoms with E-state index in [0.717, 1.165) is 18.2 Å². The van der Waals surface area contributed by atoms with Gasteiger partial charge in [0, 0.05) is 29.1 Å². The van der Waals surface area contributed by atoms with Gasteiger partial charge in [-0.05, 0) is 47.5 Å². The summed E-state index contributed by atoms with van der Waals surface area (Å²) in [6.07, 6.45) is 0. The molecule has 0 bridgehead atoms. The third-order valence-corrected chi connectivity index (χ3v) is 7.79. The van der Waals surface area contributed by atoms with Gasteiger partial charge in [0.15, 0.2) is 5.82 Å². The largest absolute Gasteiger partial charge is 0.465 e. The molecule has 184 valence electrons. The number of carbonyl (C=O) groups is 1. The van der Waals surface area contributed by atoms with Crippen LogP contribution in [0.25, 0.3) is 0 Å². The molecule has 1 N–H and O–H groups in total. The Morgan fingerprint density at radius 3 is 2.09 bits per heavy atom. The van der Waals surface area contributed by atoms with Gasteiger partial charge < -0.3 is 4.74 Å². The Kier molecular flexibility index (Phi) is 7.66. The average Bonchev–Trinajstić information content (AvgIpc) is 2.80. The molecule has 0 radical (unpaired) electrons. The molecule has 1 heterocycles. The molecule has 35 heavy (non-hydrogen) atoms. The monoisotopic (exact) mass is 536 g/mol. The summed E-state index contributed by atoms with van der Waals surface area (Å²) in [6, 6.07) is 18.9. The highest BCUT2D eigenvalue weighted by Crippen LogP contribution is 2.36. The number of likely N-dealkylation sites (tertiary alicyclic amines) is 1. The van der Waals surface area contributed by atoms with Gasteiger partial charge in [0.2, 0.25) is 10.0 Å². The Morgan fingerprint density at radius 1 is 1.03 bits per heavy atom. The lowest BCUT2D eigenvalue weighted by Gasteiger charge is -2.44. The zero-order chi connectivity index (χ0) is 25.2. The van der Waals surface area contributed by atoms with Crippen molar-refractivity contribution in [2.75, 3.05) is 30.7 Å². The molecular weight excluding hydrogens is 514 g/mol. The van der Waals surface area contributed by atoms with E-state index in [-0.39, 0.29) is 29.0 Å². The number of ether oxygens (including phenoxy) is 1. The van der Waals surface area contributed by atoms with Crippen molar-refractivity contribution in [1.82, 2.24) is 4.90 Å². The van der Waals surface area contributed by atoms with Crippen LogP contribution in [0.1, 0.15) is 27.5 Å². The molecule has 0 unspecified atom stereocenters. The molecule has 0 saturated carbocycles. The minimum atomic E-state index is -3.86. The Balaban J connectivity index is 1.46. The van der Waals surface area contributed by atoms with E-state index in [0.29, 0.717) is 23.1 Å². The second-order valence-electron chi connectivity index (χ2n) is 8.37. The van der Waals surface area contributed by atoms with E-state index in [1.165, 1.54) is 18.2 Å². The predicted molar refractivity (Wildman–Crippen MR) is 135 cm³/mol. The smallest absolute Gasteiger partial charge is 0.340 e. The number of anilines is 1. The summed E-state index contributed by atoms with van der Waals surface area (Å²) in [4.78, 5) is 13.9. The number of carbonyl (C=O) groups excluding carboxylic acids is 1. The van der Waals surface area contributed by atoms with Crippen molar-refractivity contribution < 1.29 is 22.3 Å². The number of methoxy groups -OCH3 is 1. The van der Waals surface area contributed by atoms with Gasteiger partial charge in [0.05, 0.1) is 30.2 Å². The molecule has 1 aliphatic heterocycles. The second-order valence-corrected chi connectivity index (χ2v) is 11.0. The van der Waals surface area contributed by atoms with Crippen molar-refractivity contribution in [3.8, 4) is 0 Å². The van der Waals surface area contributed by atoms with Crippen molar-refractivity contribution in [2.24, 2.45) is 5.92 Å². The molecule has 3 aromatic rings. The average molecular weight is 537 g/mol. The van der Waals surface area contributed by atoms with E-state index < -0.39 is 21.8 Å². The van der Waals surface area contributed by atoms with Crippen LogP contribution in [0.15, 0.2) is 66.7 Å². The van der Waals surface area contributed by atoms with E-state index >= 15 is 0 Å². The maximum Gasteiger partial charge on any atom is 0.340 e. The maximum absolute atomic E-state index is 14.6. The van der Waals surface area contributed by atoms with Gasteiger partial charge in [0.1, 0.15) is 0 Å². The Morgan fingerprint density at radius 2 is 1.57 bits per heavy atom. The molecular formula is C25H23Cl2FN2O4S. The number of esters is 1. The number of hydrogen-bond acceptors (Lipinski definition) is 5. The van der Waals surface area contributed by atoms with Crippen LogP contribution in [-0.2, 0) is 14.8 Å². The highest BCUT2D eigenvalue weighted by molar-refractivity contribution is 7.92. The Hall–Kier alpha value is -2.65. The van der Waals surface area contributed by atoms with Crippen LogP contribution in [0.5, 0.6) is 0 Å². The van der Waals surface area contributed by atoms with E-state index in [2.05, 4.69) is 14.4 Å². The number of hydrogen-bond donors (Lipinski definition) is 1. The Bertz CT molecular complexity index is 1270. The fourth-order valence-electron chi connectivity index (χ4n) is 4.23. The zero-order valence-corrected chi connectivity index (χ0v) is 21.1. The van der Waals surface area contributed by atoms with Gasteiger partial charge >= 0.3 is 5.97 Å². The minimum Gasteiger partial charge on any atom is -0.465 e. The van der Waals surface area contributed by atoms with Crippen molar-refractivity contribution >= 4 is 44.9 Å². The van der Waals surface area contributed by atoms with Gasteiger partial charge in [-0.2, -0.15) is 0 Å². The Labute approximate surface area is 213 Å². The molecule has 0 aromatic heterocycles. The molecule has 1 fully saturated rings. The van der Waals surface area contributed by atoms with Crippen LogP contribution in [0, 0.1) is 11.7 Å². The van der Waals surface area contributed by atoms with Crippen LogP contribution < -0.4 is 4.72 Å². The first-order chi connectivity index (χ1) is 16.7. The van der Waals surface area contributed by atoms with E-state index in [1.807, 2.05) is 48.5 Å². The van der Waals surface area contributed by atoms with Crippen LogP contribution in [-0.4, -0.2) is 45.2 Å². The summed E-state index contributed by atoms with van der Waals surface area (Å²) in [6.45, 7) is 1.06. The number of nitrogens with zero attached hydrogens (tertiary/aromatic N) is 1. The summed E-state index contributed by atoms with van der Waals surface area (Å²) in [7, 11) is -2.73. The molecule has 10 heteroatoms. The van der Waals surface area contributed by atoms with Crippen LogP contribution >= 0.6 is 23.2 Å². The van der Waals surface area contributed by atoms with Crippen LogP contribution in [0.4, 0.5) is 10.1 Å². The highest BCUT2D eigenvalue weighted by atomic mass is 35.5. The second kappa shape index (κ2) is 10.5. The van der Waals surface area contributed by atoms with Crippen molar-refractivity contribution in [1.29, 1.82) is 0 Å². The topological polar surface area (TPSA) is 75.7 Å². The molecule has 0 amide bonds. The third kappa shape index (κ3) is 5.95. The van der Waals surface area contributed by atoms with E-state index in [4.69, 9.17) is 23.2 Å². The standard InChI is InChI=1S/C25H23Cl2FN2O4S/c1-34-25(31)21-3-2-4-22(23(21)28)29-35(32,33)15-16-13-30(14-16)24(17-5-9-19(26)10-6-17)18-7-11-20(27)12-8-18/h2-12,16,24,29H,13-15H2,1H3. The van der Waals surface area contributed by atoms with Gasteiger partial charge in [-0.3, -0.25) is 9.62 Å². The van der Waals surface area contributed by atoms with E-state index in [1.54, 1.807) is 0 Å². The van der Waals surface area contributed by atoms with Crippen molar-refractivity contribution in [3.05, 3.63) is 99.3 Å². The van der Waals surface area contributed by atoms with Gasteiger partial charge in [0.25, 0.3) is 0 Å². The summed E-state index contributed by atoms with van der Waals surface area (Å²) in [5.41, 5.74) is 1.43. The van der Waals surface area contributed by atoms with Crippen LogP contribution in [0.3, 0.4) is 0 Å². The third-order valence-electron chi connectivity index (χ3n) is 5.85. The van der Waals surface area contributed by atoms with Gasteiger partial charge in [-0.15, -0.1) is 0 Å². The maximum atomic E-state index is 14.6. The summed E-state index contributed by atoms with van der Waals surface area (Å²) >= 11 is 12.1. The number of rotatable bonds is 8. The predicted octanol–water partition coefficient (Wildman–Crippen LogP) is 5.38. The molecule has 0 spiro atoms. The summed E-state index contributed by atoms with van der Waals surface area (Å²) < 4.78 is 46.9. The first kappa shape index (κ1) is 25.4. The molecule has 1 aliphatic rings. The number of halogens is 3. The normalized spacial score (nSPS) is 14.5. The lowest BCUT2D eigenvalue weighted by Crippen LogP contribution is -2.51. The SMILES string of the molecule is COC(=O)c1cccc(NS(=O)(=O)CC2CN(C(c3ccc(Cl)cc3)c3ccc(Cl)cc3)C2)c1F. The lowest BCUT2D eigenvalue weighted by molar-refractivity contribution is 0.0595.